The average molecular weight is 459 g/mol. The SMILES string of the molecule is CN=C(NCCc1ccco1)NCCc1cc(OC)ccc1OC.I. The van der Waals surface area contributed by atoms with Crippen LogP contribution in [0.15, 0.2) is 46.0 Å². The Kier molecular flexibility index (Phi) is 9.83. The van der Waals surface area contributed by atoms with Gasteiger partial charge >= 0.3 is 0 Å². The van der Waals surface area contributed by atoms with Crippen LogP contribution in [-0.4, -0.2) is 40.3 Å². The average Bonchev–Trinajstić information content (AvgIpc) is 3.13. The summed E-state index contributed by atoms with van der Waals surface area (Å²) in [6, 6.07) is 9.67. The number of nitrogens with one attached hydrogen (secondary N) is 2. The minimum absolute atomic E-state index is 0. The maximum atomic E-state index is 5.40. The first-order chi connectivity index (χ1) is 11.8. The van der Waals surface area contributed by atoms with Crippen LogP contribution < -0.4 is 20.1 Å². The van der Waals surface area contributed by atoms with Gasteiger partial charge in [-0.25, -0.2) is 0 Å². The molecule has 0 unspecified atom stereocenters. The molecule has 1 heterocycles. The third kappa shape index (κ3) is 6.85. The first-order valence-electron chi connectivity index (χ1n) is 7.94. The molecule has 0 atom stereocenters. The van der Waals surface area contributed by atoms with Crippen LogP contribution in [0, 0.1) is 0 Å². The van der Waals surface area contributed by atoms with Crippen LogP contribution in [0.5, 0.6) is 11.5 Å². The zero-order valence-corrected chi connectivity index (χ0v) is 17.2. The molecule has 0 spiro atoms. The number of guanidine groups is 1. The maximum Gasteiger partial charge on any atom is 0.191 e. The minimum atomic E-state index is 0. The van der Waals surface area contributed by atoms with Gasteiger partial charge in [0.15, 0.2) is 5.96 Å². The summed E-state index contributed by atoms with van der Waals surface area (Å²) in [5, 5.41) is 6.57. The van der Waals surface area contributed by atoms with Gasteiger partial charge in [-0.2, -0.15) is 0 Å². The highest BCUT2D eigenvalue weighted by atomic mass is 127. The molecule has 2 N–H and O–H groups in total. The van der Waals surface area contributed by atoms with E-state index in [1.165, 1.54) is 0 Å². The highest BCUT2D eigenvalue weighted by molar-refractivity contribution is 14.0. The van der Waals surface area contributed by atoms with Crippen molar-refractivity contribution in [3.8, 4) is 11.5 Å². The lowest BCUT2D eigenvalue weighted by Gasteiger charge is -2.13. The number of halogens is 1. The lowest BCUT2D eigenvalue weighted by atomic mass is 10.1. The molecule has 1 aromatic carbocycles. The van der Waals surface area contributed by atoms with Crippen molar-refractivity contribution < 1.29 is 13.9 Å². The molecular weight excluding hydrogens is 433 g/mol. The Labute approximate surface area is 166 Å². The summed E-state index contributed by atoms with van der Waals surface area (Å²) < 4.78 is 16.0. The number of benzene rings is 1. The molecule has 0 aliphatic rings. The van der Waals surface area contributed by atoms with Crippen LogP contribution in [0.3, 0.4) is 0 Å². The normalized spacial score (nSPS) is 10.8. The summed E-state index contributed by atoms with van der Waals surface area (Å²) in [7, 11) is 5.09. The Balaban J connectivity index is 0.00000312. The Hall–Kier alpha value is -1.90. The Morgan fingerprint density at radius 1 is 1.08 bits per heavy atom. The van der Waals surface area contributed by atoms with Gasteiger partial charge in [-0.1, -0.05) is 0 Å². The summed E-state index contributed by atoms with van der Waals surface area (Å²) in [6.07, 6.45) is 3.31. The van der Waals surface area contributed by atoms with Crippen LogP contribution in [-0.2, 0) is 12.8 Å². The lowest BCUT2D eigenvalue weighted by molar-refractivity contribution is 0.398. The molecule has 7 heteroatoms. The van der Waals surface area contributed by atoms with E-state index in [0.29, 0.717) is 0 Å². The standard InChI is InChI=1S/C18H25N3O3.HI/c1-19-18(21-11-9-15-5-4-12-24-15)20-10-8-14-13-16(22-2)6-7-17(14)23-3;/h4-7,12-13H,8-11H2,1-3H3,(H2,19,20,21);1H. The fourth-order valence-electron chi connectivity index (χ4n) is 2.37. The topological polar surface area (TPSA) is 68.0 Å². The van der Waals surface area contributed by atoms with Crippen LogP contribution in [0.4, 0.5) is 0 Å². The zero-order chi connectivity index (χ0) is 17.2. The van der Waals surface area contributed by atoms with E-state index in [4.69, 9.17) is 13.9 Å². The van der Waals surface area contributed by atoms with Crippen LogP contribution in [0.25, 0.3) is 0 Å². The lowest BCUT2D eigenvalue weighted by Crippen LogP contribution is -2.39. The van der Waals surface area contributed by atoms with E-state index in [2.05, 4.69) is 15.6 Å². The van der Waals surface area contributed by atoms with Gasteiger partial charge < -0.3 is 24.5 Å². The summed E-state index contributed by atoms with van der Waals surface area (Å²) in [6.45, 7) is 1.50. The number of aliphatic imine (C=N–C) groups is 1. The van der Waals surface area contributed by atoms with E-state index in [0.717, 1.165) is 54.7 Å². The molecule has 6 nitrogen and oxygen atoms in total. The van der Waals surface area contributed by atoms with E-state index < -0.39 is 0 Å². The number of methoxy groups -OCH3 is 2. The Morgan fingerprint density at radius 2 is 1.84 bits per heavy atom. The molecule has 0 aliphatic heterocycles. The van der Waals surface area contributed by atoms with Gasteiger partial charge in [0, 0.05) is 26.6 Å². The fourth-order valence-corrected chi connectivity index (χ4v) is 2.37. The molecule has 138 valence electrons. The van der Waals surface area contributed by atoms with Crippen LogP contribution in [0.1, 0.15) is 11.3 Å². The van der Waals surface area contributed by atoms with E-state index in [-0.39, 0.29) is 24.0 Å². The summed E-state index contributed by atoms with van der Waals surface area (Å²) in [5.74, 6) is 3.41. The predicted octanol–water partition coefficient (Wildman–Crippen LogP) is 2.87. The third-order valence-corrected chi connectivity index (χ3v) is 3.64. The maximum absolute atomic E-state index is 5.40. The first-order valence-corrected chi connectivity index (χ1v) is 7.94. The largest absolute Gasteiger partial charge is 0.497 e. The summed E-state index contributed by atoms with van der Waals surface area (Å²) >= 11 is 0. The number of hydrogen-bond donors (Lipinski definition) is 2. The molecule has 0 fully saturated rings. The molecule has 2 aromatic rings. The minimum Gasteiger partial charge on any atom is -0.497 e. The van der Waals surface area contributed by atoms with Crippen molar-refractivity contribution in [1.29, 1.82) is 0 Å². The van der Waals surface area contributed by atoms with Crippen molar-refractivity contribution in [3.63, 3.8) is 0 Å². The van der Waals surface area contributed by atoms with Crippen molar-refractivity contribution >= 4 is 29.9 Å². The number of hydrogen-bond acceptors (Lipinski definition) is 4. The monoisotopic (exact) mass is 459 g/mol. The van der Waals surface area contributed by atoms with E-state index in [9.17, 15) is 0 Å². The van der Waals surface area contributed by atoms with E-state index >= 15 is 0 Å². The van der Waals surface area contributed by atoms with Gasteiger partial charge in [0.25, 0.3) is 0 Å². The van der Waals surface area contributed by atoms with Crippen molar-refractivity contribution in [1.82, 2.24) is 10.6 Å². The van der Waals surface area contributed by atoms with Crippen molar-refractivity contribution in [3.05, 3.63) is 47.9 Å². The van der Waals surface area contributed by atoms with E-state index in [1.807, 2.05) is 30.3 Å². The molecule has 25 heavy (non-hydrogen) atoms. The van der Waals surface area contributed by atoms with Crippen LogP contribution >= 0.6 is 24.0 Å². The van der Waals surface area contributed by atoms with Gasteiger partial charge in [-0.15, -0.1) is 24.0 Å². The molecular formula is C18H26IN3O3. The highest BCUT2D eigenvalue weighted by Crippen LogP contribution is 2.24. The van der Waals surface area contributed by atoms with Crippen molar-refractivity contribution in [2.75, 3.05) is 34.4 Å². The van der Waals surface area contributed by atoms with Gasteiger partial charge in [0.2, 0.25) is 0 Å². The molecule has 0 aliphatic carbocycles. The third-order valence-electron chi connectivity index (χ3n) is 3.64. The quantitative estimate of drug-likeness (QED) is 0.361. The molecule has 2 rings (SSSR count). The second-order valence-electron chi connectivity index (χ2n) is 5.18. The van der Waals surface area contributed by atoms with Gasteiger partial charge in [0.05, 0.1) is 20.5 Å². The van der Waals surface area contributed by atoms with E-state index in [1.54, 1.807) is 27.5 Å². The number of ether oxygens (including phenoxy) is 2. The summed E-state index contributed by atoms with van der Waals surface area (Å²) in [5.41, 5.74) is 1.09. The number of furan rings is 1. The first kappa shape index (κ1) is 21.1. The number of rotatable bonds is 8. The molecule has 0 saturated heterocycles. The smallest absolute Gasteiger partial charge is 0.191 e. The molecule has 0 saturated carbocycles. The number of nitrogens with zero attached hydrogens (tertiary/aromatic N) is 1. The second kappa shape index (κ2) is 11.6. The Bertz CT molecular complexity index is 645. The molecule has 0 amide bonds. The van der Waals surface area contributed by atoms with Crippen molar-refractivity contribution in [2.45, 2.75) is 12.8 Å². The van der Waals surface area contributed by atoms with Gasteiger partial charge in [-0.3, -0.25) is 4.99 Å². The van der Waals surface area contributed by atoms with Crippen LogP contribution in [0.2, 0.25) is 0 Å². The second-order valence-corrected chi connectivity index (χ2v) is 5.18. The molecule has 1 aromatic heterocycles. The van der Waals surface area contributed by atoms with Gasteiger partial charge in [-0.05, 0) is 42.3 Å². The van der Waals surface area contributed by atoms with Crippen molar-refractivity contribution in [2.24, 2.45) is 4.99 Å². The highest BCUT2D eigenvalue weighted by Gasteiger charge is 2.06. The molecule has 0 bridgehead atoms. The van der Waals surface area contributed by atoms with Gasteiger partial charge in [0.1, 0.15) is 17.3 Å². The Morgan fingerprint density at radius 3 is 2.44 bits per heavy atom. The summed E-state index contributed by atoms with van der Waals surface area (Å²) in [4.78, 5) is 4.22. The fraction of sp³-hybridized carbons (Fsp3) is 0.389. The zero-order valence-electron chi connectivity index (χ0n) is 14.9. The molecule has 0 radical (unpaired) electrons. The predicted molar refractivity (Wildman–Crippen MR) is 110 cm³/mol.